The summed E-state index contributed by atoms with van der Waals surface area (Å²) in [5.74, 6) is -1.99. The number of unbranched alkanes of at least 4 members (excludes halogenated alkanes) is 2. The Bertz CT molecular complexity index is 316. The summed E-state index contributed by atoms with van der Waals surface area (Å²) in [5.41, 5.74) is 0. The van der Waals surface area contributed by atoms with Gasteiger partial charge < -0.3 is 14.2 Å². The van der Waals surface area contributed by atoms with Gasteiger partial charge in [-0.1, -0.05) is 26.7 Å². The van der Waals surface area contributed by atoms with Crippen LogP contribution >= 0.6 is 0 Å². The molecule has 0 spiro atoms. The Morgan fingerprint density at radius 3 is 1.59 bits per heavy atom. The lowest BCUT2D eigenvalue weighted by molar-refractivity contribution is -0.160. The van der Waals surface area contributed by atoms with Crippen LogP contribution in [0.25, 0.3) is 0 Å². The van der Waals surface area contributed by atoms with Gasteiger partial charge in [-0.2, -0.15) is 0 Å². The molecule has 0 aliphatic heterocycles. The lowest BCUT2D eigenvalue weighted by Crippen LogP contribution is -2.29. The fourth-order valence-corrected chi connectivity index (χ4v) is 1.62. The fraction of sp³-hybridized carbons (Fsp3) is 0.812. The Balaban J connectivity index is 4.28. The molecule has 22 heavy (non-hydrogen) atoms. The largest absolute Gasteiger partial charge is 0.466 e. The van der Waals surface area contributed by atoms with Crippen LogP contribution in [0.15, 0.2) is 0 Å². The van der Waals surface area contributed by atoms with Crippen LogP contribution in [-0.2, 0) is 28.6 Å². The van der Waals surface area contributed by atoms with Gasteiger partial charge >= 0.3 is 17.9 Å². The highest BCUT2D eigenvalue weighted by atomic mass is 16.6. The minimum Gasteiger partial charge on any atom is -0.466 e. The van der Waals surface area contributed by atoms with Crippen molar-refractivity contribution in [3.8, 4) is 0 Å². The molecule has 6 heteroatoms. The van der Waals surface area contributed by atoms with Crippen LogP contribution in [0.2, 0.25) is 0 Å². The predicted octanol–water partition coefficient (Wildman–Crippen LogP) is 2.63. The second kappa shape index (κ2) is 13.1. The molecule has 0 N–H and O–H groups in total. The van der Waals surface area contributed by atoms with Crippen molar-refractivity contribution in [3.63, 3.8) is 0 Å². The average Bonchev–Trinajstić information content (AvgIpc) is 2.50. The Hall–Kier alpha value is -1.59. The second-order valence-electron chi connectivity index (χ2n) is 5.02. The van der Waals surface area contributed by atoms with Crippen molar-refractivity contribution in [2.24, 2.45) is 5.92 Å². The van der Waals surface area contributed by atoms with E-state index < -0.39 is 11.9 Å². The number of carbonyl (C=O) groups excluding carboxylic acids is 3. The zero-order valence-electron chi connectivity index (χ0n) is 13.9. The zero-order valence-corrected chi connectivity index (χ0v) is 13.9. The molecule has 128 valence electrons. The summed E-state index contributed by atoms with van der Waals surface area (Å²) in [6, 6.07) is 0. The molecule has 0 aromatic carbocycles. The standard InChI is InChI=1S/C16H28O6/c1-4-7-9-14(17)21-11-13(16(19)20-6-3)12-22-15(18)10-8-5-2/h13H,4-12H2,1-3H3. The Morgan fingerprint density at radius 1 is 0.773 bits per heavy atom. The molecule has 0 aliphatic carbocycles. The molecule has 0 saturated heterocycles. The molecule has 0 heterocycles. The maximum atomic E-state index is 11.8. The van der Waals surface area contributed by atoms with E-state index in [-0.39, 0.29) is 31.8 Å². The summed E-state index contributed by atoms with van der Waals surface area (Å²) >= 11 is 0. The van der Waals surface area contributed by atoms with Gasteiger partial charge in [0, 0.05) is 12.8 Å². The summed E-state index contributed by atoms with van der Waals surface area (Å²) in [6.07, 6.45) is 3.92. The van der Waals surface area contributed by atoms with E-state index in [0.29, 0.717) is 12.8 Å². The molecule has 0 aromatic rings. The fourth-order valence-electron chi connectivity index (χ4n) is 1.62. The molecule has 0 rings (SSSR count). The minimum absolute atomic E-state index is 0.123. The lowest BCUT2D eigenvalue weighted by Gasteiger charge is -2.16. The highest BCUT2D eigenvalue weighted by molar-refractivity contribution is 5.75. The Labute approximate surface area is 132 Å². The molecule has 0 radical (unpaired) electrons. The van der Waals surface area contributed by atoms with Crippen molar-refractivity contribution in [1.82, 2.24) is 0 Å². The molecule has 0 atom stereocenters. The molecule has 0 bridgehead atoms. The maximum absolute atomic E-state index is 11.8. The highest BCUT2D eigenvalue weighted by Gasteiger charge is 2.23. The molecular weight excluding hydrogens is 288 g/mol. The number of esters is 3. The number of ether oxygens (including phenoxy) is 3. The van der Waals surface area contributed by atoms with Crippen LogP contribution in [0.4, 0.5) is 0 Å². The minimum atomic E-state index is -0.767. The van der Waals surface area contributed by atoms with Crippen molar-refractivity contribution >= 4 is 17.9 Å². The normalized spacial score (nSPS) is 10.4. The van der Waals surface area contributed by atoms with Gasteiger partial charge in [0.2, 0.25) is 0 Å². The first kappa shape index (κ1) is 20.4. The smallest absolute Gasteiger partial charge is 0.315 e. The SMILES string of the molecule is CCCCC(=O)OCC(COC(=O)CCCC)C(=O)OCC. The van der Waals surface area contributed by atoms with Crippen LogP contribution < -0.4 is 0 Å². The van der Waals surface area contributed by atoms with E-state index >= 15 is 0 Å². The molecule has 6 nitrogen and oxygen atoms in total. The van der Waals surface area contributed by atoms with E-state index in [1.165, 1.54) is 0 Å². The molecule has 0 saturated carbocycles. The van der Waals surface area contributed by atoms with Crippen molar-refractivity contribution in [2.75, 3.05) is 19.8 Å². The second-order valence-corrected chi connectivity index (χ2v) is 5.02. The van der Waals surface area contributed by atoms with Crippen molar-refractivity contribution < 1.29 is 28.6 Å². The predicted molar refractivity (Wildman–Crippen MR) is 81.1 cm³/mol. The summed E-state index contributed by atoms with van der Waals surface area (Å²) in [7, 11) is 0. The van der Waals surface area contributed by atoms with Crippen LogP contribution in [0.3, 0.4) is 0 Å². The Morgan fingerprint density at radius 2 is 1.23 bits per heavy atom. The van der Waals surface area contributed by atoms with Gasteiger partial charge in [-0.3, -0.25) is 14.4 Å². The van der Waals surface area contributed by atoms with E-state index in [1.54, 1.807) is 6.92 Å². The van der Waals surface area contributed by atoms with Gasteiger partial charge in [0.05, 0.1) is 6.61 Å². The summed E-state index contributed by atoms with van der Waals surface area (Å²) in [6.45, 7) is 5.62. The highest BCUT2D eigenvalue weighted by Crippen LogP contribution is 2.07. The van der Waals surface area contributed by atoms with E-state index in [4.69, 9.17) is 14.2 Å². The lowest BCUT2D eigenvalue weighted by atomic mass is 10.2. The Kier molecular flexibility index (Phi) is 12.2. The van der Waals surface area contributed by atoms with Gasteiger partial charge in [0.15, 0.2) is 0 Å². The number of hydrogen-bond acceptors (Lipinski definition) is 6. The maximum Gasteiger partial charge on any atom is 0.315 e. The van der Waals surface area contributed by atoms with Gasteiger partial charge in [0.25, 0.3) is 0 Å². The topological polar surface area (TPSA) is 78.9 Å². The quantitative estimate of drug-likeness (QED) is 0.407. The van der Waals surface area contributed by atoms with Gasteiger partial charge in [-0.05, 0) is 19.8 Å². The zero-order chi connectivity index (χ0) is 16.8. The molecule has 0 unspecified atom stereocenters. The summed E-state index contributed by atoms with van der Waals surface area (Å²) < 4.78 is 15.0. The van der Waals surface area contributed by atoms with Gasteiger partial charge in [0.1, 0.15) is 19.1 Å². The number of rotatable bonds is 12. The third kappa shape index (κ3) is 10.2. The summed E-state index contributed by atoms with van der Waals surface area (Å²) in [5, 5.41) is 0. The monoisotopic (exact) mass is 316 g/mol. The molecule has 0 fully saturated rings. The number of hydrogen-bond donors (Lipinski definition) is 0. The first-order valence-electron chi connectivity index (χ1n) is 8.02. The van der Waals surface area contributed by atoms with Gasteiger partial charge in [-0.25, -0.2) is 0 Å². The van der Waals surface area contributed by atoms with Crippen molar-refractivity contribution in [1.29, 1.82) is 0 Å². The average molecular weight is 316 g/mol. The van der Waals surface area contributed by atoms with Crippen LogP contribution in [0, 0.1) is 5.92 Å². The van der Waals surface area contributed by atoms with Crippen LogP contribution in [0.1, 0.15) is 59.3 Å². The van der Waals surface area contributed by atoms with Crippen LogP contribution in [0.5, 0.6) is 0 Å². The number of carbonyl (C=O) groups is 3. The molecule has 0 amide bonds. The van der Waals surface area contributed by atoms with E-state index in [0.717, 1.165) is 25.7 Å². The third-order valence-electron chi connectivity index (χ3n) is 2.98. The van der Waals surface area contributed by atoms with E-state index in [2.05, 4.69) is 0 Å². The molecule has 0 aliphatic rings. The van der Waals surface area contributed by atoms with Gasteiger partial charge in [-0.15, -0.1) is 0 Å². The van der Waals surface area contributed by atoms with Crippen LogP contribution in [-0.4, -0.2) is 37.7 Å². The molecular formula is C16H28O6. The summed E-state index contributed by atoms with van der Waals surface area (Å²) in [4.78, 5) is 34.8. The first-order chi connectivity index (χ1) is 10.5. The van der Waals surface area contributed by atoms with E-state index in [1.807, 2.05) is 13.8 Å². The van der Waals surface area contributed by atoms with Crippen molar-refractivity contribution in [3.05, 3.63) is 0 Å². The third-order valence-corrected chi connectivity index (χ3v) is 2.98. The first-order valence-corrected chi connectivity index (χ1v) is 8.02. The van der Waals surface area contributed by atoms with Crippen molar-refractivity contribution in [2.45, 2.75) is 59.3 Å². The molecule has 0 aromatic heterocycles. The van der Waals surface area contributed by atoms with E-state index in [9.17, 15) is 14.4 Å².